The van der Waals surface area contributed by atoms with Crippen LogP contribution in [0.15, 0.2) is 0 Å². The zero-order chi connectivity index (χ0) is 6.69. The van der Waals surface area contributed by atoms with Crippen molar-refractivity contribution in [2.45, 2.75) is 13.3 Å². The van der Waals surface area contributed by atoms with Crippen LogP contribution in [0.1, 0.15) is 13.3 Å². The lowest BCUT2D eigenvalue weighted by Crippen LogP contribution is -2.31. The van der Waals surface area contributed by atoms with Gasteiger partial charge in [-0.05, 0) is 24.8 Å². The first-order valence-corrected chi connectivity index (χ1v) is 3.62. The summed E-state index contributed by atoms with van der Waals surface area (Å²) in [5, 5.41) is 0. The van der Waals surface area contributed by atoms with Gasteiger partial charge in [-0.2, -0.15) is 0 Å². The van der Waals surface area contributed by atoms with Crippen molar-refractivity contribution in [3.8, 4) is 0 Å². The highest BCUT2D eigenvalue weighted by Gasteiger charge is 2.19. The van der Waals surface area contributed by atoms with Gasteiger partial charge in [-0.25, -0.2) is 0 Å². The summed E-state index contributed by atoms with van der Waals surface area (Å²) in [6.45, 7) is 4.83. The van der Waals surface area contributed by atoms with Crippen molar-refractivity contribution < 1.29 is 4.74 Å². The van der Waals surface area contributed by atoms with E-state index in [1.54, 1.807) is 0 Å². The Kier molecular flexibility index (Phi) is 2.49. The average Bonchev–Trinajstić information content (AvgIpc) is 1.89. The molecule has 1 saturated heterocycles. The lowest BCUT2D eigenvalue weighted by atomic mass is 9.90. The van der Waals surface area contributed by atoms with Gasteiger partial charge < -0.3 is 10.5 Å². The van der Waals surface area contributed by atoms with Crippen LogP contribution in [-0.4, -0.2) is 19.8 Å². The largest absolute Gasteiger partial charge is 0.381 e. The van der Waals surface area contributed by atoms with E-state index >= 15 is 0 Å². The molecule has 0 aromatic heterocycles. The summed E-state index contributed by atoms with van der Waals surface area (Å²) in [6, 6.07) is 0. The maximum Gasteiger partial charge on any atom is 0.0508 e. The molecule has 0 spiro atoms. The molecule has 1 aliphatic rings. The van der Waals surface area contributed by atoms with E-state index in [1.807, 2.05) is 0 Å². The smallest absolute Gasteiger partial charge is 0.0508 e. The second-order valence-electron chi connectivity index (χ2n) is 2.84. The summed E-state index contributed by atoms with van der Waals surface area (Å²) in [6.07, 6.45) is 1.18. The molecule has 1 fully saturated rings. The minimum Gasteiger partial charge on any atom is -0.381 e. The van der Waals surface area contributed by atoms with Gasteiger partial charge in [0.15, 0.2) is 0 Å². The molecule has 0 aromatic carbocycles. The van der Waals surface area contributed by atoms with E-state index in [4.69, 9.17) is 10.5 Å². The van der Waals surface area contributed by atoms with E-state index in [2.05, 4.69) is 6.92 Å². The Morgan fingerprint density at radius 2 is 2.44 bits per heavy atom. The quantitative estimate of drug-likeness (QED) is 0.563. The van der Waals surface area contributed by atoms with Gasteiger partial charge in [0.1, 0.15) is 0 Å². The summed E-state index contributed by atoms with van der Waals surface area (Å²) in [5.41, 5.74) is 5.51. The summed E-state index contributed by atoms with van der Waals surface area (Å²) in [7, 11) is 0. The van der Waals surface area contributed by atoms with Crippen LogP contribution in [0.25, 0.3) is 0 Å². The molecule has 2 N–H and O–H groups in total. The minimum absolute atomic E-state index is 0.610. The fourth-order valence-electron chi connectivity index (χ4n) is 1.20. The summed E-state index contributed by atoms with van der Waals surface area (Å²) in [4.78, 5) is 0. The molecule has 0 saturated carbocycles. The molecular weight excluding hydrogens is 114 g/mol. The van der Waals surface area contributed by atoms with Crippen LogP contribution in [0.2, 0.25) is 0 Å². The molecule has 2 nitrogen and oxygen atoms in total. The molecule has 2 unspecified atom stereocenters. The predicted octanol–water partition coefficient (Wildman–Crippen LogP) is 0.618. The SMILES string of the molecule is CC1CCOCC1CN. The van der Waals surface area contributed by atoms with E-state index in [-0.39, 0.29) is 0 Å². The monoisotopic (exact) mass is 129 g/mol. The molecule has 0 aromatic rings. The highest BCUT2D eigenvalue weighted by atomic mass is 16.5. The average molecular weight is 129 g/mol. The summed E-state index contributed by atoms with van der Waals surface area (Å²) < 4.78 is 5.26. The first-order chi connectivity index (χ1) is 4.34. The van der Waals surface area contributed by atoms with Crippen molar-refractivity contribution >= 4 is 0 Å². The van der Waals surface area contributed by atoms with Crippen molar-refractivity contribution in [2.24, 2.45) is 17.6 Å². The molecular formula is C7H15NO. The van der Waals surface area contributed by atoms with Gasteiger partial charge in [-0.3, -0.25) is 0 Å². The van der Waals surface area contributed by atoms with Gasteiger partial charge in [0, 0.05) is 6.61 Å². The van der Waals surface area contributed by atoms with E-state index < -0.39 is 0 Å². The van der Waals surface area contributed by atoms with Crippen LogP contribution in [0.4, 0.5) is 0 Å². The summed E-state index contributed by atoms with van der Waals surface area (Å²) in [5.74, 6) is 1.38. The van der Waals surface area contributed by atoms with Gasteiger partial charge in [-0.1, -0.05) is 6.92 Å². The molecule has 2 heteroatoms. The molecule has 0 bridgehead atoms. The summed E-state index contributed by atoms with van der Waals surface area (Å²) >= 11 is 0. The lowest BCUT2D eigenvalue weighted by molar-refractivity contribution is 0.0264. The first kappa shape index (κ1) is 7.03. The lowest BCUT2D eigenvalue weighted by Gasteiger charge is -2.27. The minimum atomic E-state index is 0.610. The normalized spacial score (nSPS) is 36.7. The second kappa shape index (κ2) is 3.18. The van der Waals surface area contributed by atoms with E-state index in [1.165, 1.54) is 6.42 Å². The van der Waals surface area contributed by atoms with Crippen LogP contribution < -0.4 is 5.73 Å². The van der Waals surface area contributed by atoms with Gasteiger partial charge >= 0.3 is 0 Å². The Morgan fingerprint density at radius 3 is 2.89 bits per heavy atom. The molecule has 54 valence electrons. The van der Waals surface area contributed by atoms with Crippen molar-refractivity contribution in [3.05, 3.63) is 0 Å². The zero-order valence-corrected chi connectivity index (χ0v) is 5.97. The molecule has 0 aliphatic carbocycles. The Balaban J connectivity index is 2.30. The van der Waals surface area contributed by atoms with Gasteiger partial charge in [0.2, 0.25) is 0 Å². The number of ether oxygens (including phenoxy) is 1. The van der Waals surface area contributed by atoms with Crippen LogP contribution in [-0.2, 0) is 4.74 Å². The Hall–Kier alpha value is -0.0800. The third kappa shape index (κ3) is 1.66. The van der Waals surface area contributed by atoms with E-state index in [0.717, 1.165) is 25.7 Å². The van der Waals surface area contributed by atoms with E-state index in [0.29, 0.717) is 5.92 Å². The van der Waals surface area contributed by atoms with Crippen LogP contribution in [0.5, 0.6) is 0 Å². The second-order valence-corrected chi connectivity index (χ2v) is 2.84. The van der Waals surface area contributed by atoms with Crippen LogP contribution >= 0.6 is 0 Å². The third-order valence-electron chi connectivity index (χ3n) is 2.16. The molecule has 0 amide bonds. The zero-order valence-electron chi connectivity index (χ0n) is 5.97. The maximum absolute atomic E-state index is 5.51. The molecule has 1 rings (SSSR count). The fraction of sp³-hybridized carbons (Fsp3) is 1.00. The molecule has 0 radical (unpaired) electrons. The number of hydrogen-bond acceptors (Lipinski definition) is 2. The van der Waals surface area contributed by atoms with Gasteiger partial charge in [-0.15, -0.1) is 0 Å². The van der Waals surface area contributed by atoms with Gasteiger partial charge in [0.25, 0.3) is 0 Å². The van der Waals surface area contributed by atoms with Crippen molar-refractivity contribution in [1.82, 2.24) is 0 Å². The third-order valence-corrected chi connectivity index (χ3v) is 2.16. The van der Waals surface area contributed by atoms with Crippen LogP contribution in [0.3, 0.4) is 0 Å². The Morgan fingerprint density at radius 1 is 1.67 bits per heavy atom. The molecule has 1 aliphatic heterocycles. The van der Waals surface area contributed by atoms with Crippen molar-refractivity contribution in [3.63, 3.8) is 0 Å². The number of rotatable bonds is 1. The predicted molar refractivity (Wildman–Crippen MR) is 37.1 cm³/mol. The highest BCUT2D eigenvalue weighted by Crippen LogP contribution is 2.19. The van der Waals surface area contributed by atoms with E-state index in [9.17, 15) is 0 Å². The van der Waals surface area contributed by atoms with Crippen molar-refractivity contribution in [1.29, 1.82) is 0 Å². The first-order valence-electron chi connectivity index (χ1n) is 3.62. The molecule has 9 heavy (non-hydrogen) atoms. The molecule has 1 heterocycles. The Bertz CT molecular complexity index is 85.0. The topological polar surface area (TPSA) is 35.2 Å². The maximum atomic E-state index is 5.51. The highest BCUT2D eigenvalue weighted by molar-refractivity contribution is 4.70. The van der Waals surface area contributed by atoms with Crippen molar-refractivity contribution in [2.75, 3.05) is 19.8 Å². The Labute approximate surface area is 56.4 Å². The fourth-order valence-corrected chi connectivity index (χ4v) is 1.20. The number of nitrogens with two attached hydrogens (primary N) is 1. The standard InChI is InChI=1S/C7H15NO/c1-6-2-3-9-5-7(6)4-8/h6-7H,2-5,8H2,1H3. The van der Waals surface area contributed by atoms with Gasteiger partial charge in [0.05, 0.1) is 6.61 Å². The molecule has 2 atom stereocenters. The number of hydrogen-bond donors (Lipinski definition) is 1. The van der Waals surface area contributed by atoms with Crippen LogP contribution in [0, 0.1) is 11.8 Å².